The van der Waals surface area contributed by atoms with Gasteiger partial charge in [-0.25, -0.2) is 0 Å². The van der Waals surface area contributed by atoms with Crippen molar-refractivity contribution in [3.63, 3.8) is 0 Å². The number of aliphatic hydroxyl groups is 1. The van der Waals surface area contributed by atoms with Crippen LogP contribution in [0.1, 0.15) is 11.7 Å². The summed E-state index contributed by atoms with van der Waals surface area (Å²) in [5.74, 6) is 0. The van der Waals surface area contributed by atoms with Gasteiger partial charge in [0.1, 0.15) is 0 Å². The van der Waals surface area contributed by atoms with Crippen molar-refractivity contribution in [3.05, 3.63) is 48.0 Å². The topological polar surface area (TPSA) is 55.5 Å². The SMILES string of the molecule is NCC(OCCO)c1ccc2ccccc2c1. The Bertz CT molecular complexity index is 484. The molecule has 3 N–H and O–H groups in total. The molecule has 3 heteroatoms. The fourth-order valence-corrected chi connectivity index (χ4v) is 1.90. The molecule has 0 saturated carbocycles. The Morgan fingerprint density at radius 1 is 1.12 bits per heavy atom. The van der Waals surface area contributed by atoms with E-state index in [2.05, 4.69) is 24.3 Å². The summed E-state index contributed by atoms with van der Waals surface area (Å²) in [7, 11) is 0. The molecule has 0 heterocycles. The number of hydrogen-bond donors (Lipinski definition) is 2. The van der Waals surface area contributed by atoms with Crippen LogP contribution in [-0.4, -0.2) is 24.9 Å². The lowest BCUT2D eigenvalue weighted by molar-refractivity contribution is 0.0329. The first-order valence-corrected chi connectivity index (χ1v) is 5.76. The van der Waals surface area contributed by atoms with E-state index in [0.29, 0.717) is 13.2 Å². The van der Waals surface area contributed by atoms with E-state index in [1.54, 1.807) is 0 Å². The summed E-state index contributed by atoms with van der Waals surface area (Å²) in [6.07, 6.45) is -0.147. The third-order valence-corrected chi connectivity index (χ3v) is 2.77. The number of benzene rings is 2. The second-order valence-corrected chi connectivity index (χ2v) is 3.93. The van der Waals surface area contributed by atoms with Gasteiger partial charge < -0.3 is 15.6 Å². The zero-order chi connectivity index (χ0) is 12.1. The van der Waals surface area contributed by atoms with E-state index in [4.69, 9.17) is 15.6 Å². The molecule has 1 atom stereocenters. The van der Waals surface area contributed by atoms with E-state index in [-0.39, 0.29) is 12.7 Å². The largest absolute Gasteiger partial charge is 0.394 e. The minimum absolute atomic E-state index is 0.0179. The van der Waals surface area contributed by atoms with Gasteiger partial charge in [-0.05, 0) is 22.4 Å². The fraction of sp³-hybridized carbons (Fsp3) is 0.286. The zero-order valence-corrected chi connectivity index (χ0v) is 9.67. The summed E-state index contributed by atoms with van der Waals surface area (Å²) in [6, 6.07) is 14.4. The van der Waals surface area contributed by atoms with Gasteiger partial charge in [0.2, 0.25) is 0 Å². The molecule has 2 aromatic carbocycles. The van der Waals surface area contributed by atoms with Gasteiger partial charge in [-0.2, -0.15) is 0 Å². The van der Waals surface area contributed by atoms with Crippen molar-refractivity contribution in [3.8, 4) is 0 Å². The van der Waals surface area contributed by atoms with Crippen LogP contribution in [0.5, 0.6) is 0 Å². The lowest BCUT2D eigenvalue weighted by Gasteiger charge is -2.16. The maximum atomic E-state index is 8.76. The van der Waals surface area contributed by atoms with Crippen LogP contribution in [0, 0.1) is 0 Å². The Balaban J connectivity index is 2.27. The number of ether oxygens (including phenoxy) is 1. The number of rotatable bonds is 5. The molecule has 0 spiro atoms. The van der Waals surface area contributed by atoms with Crippen molar-refractivity contribution in [2.45, 2.75) is 6.10 Å². The van der Waals surface area contributed by atoms with Crippen molar-refractivity contribution in [1.82, 2.24) is 0 Å². The number of nitrogens with two attached hydrogens (primary N) is 1. The van der Waals surface area contributed by atoms with Gasteiger partial charge in [-0.1, -0.05) is 36.4 Å². The second kappa shape index (κ2) is 5.77. The van der Waals surface area contributed by atoms with E-state index in [0.717, 1.165) is 5.56 Å². The van der Waals surface area contributed by atoms with Gasteiger partial charge >= 0.3 is 0 Å². The van der Waals surface area contributed by atoms with Gasteiger partial charge in [0.25, 0.3) is 0 Å². The molecule has 2 rings (SSSR count). The molecule has 0 bridgehead atoms. The molecule has 3 nitrogen and oxygen atoms in total. The predicted molar refractivity (Wildman–Crippen MR) is 68.8 cm³/mol. The lowest BCUT2D eigenvalue weighted by atomic mass is 10.0. The summed E-state index contributed by atoms with van der Waals surface area (Å²) in [5.41, 5.74) is 6.74. The summed E-state index contributed by atoms with van der Waals surface area (Å²) < 4.78 is 5.50. The molecule has 0 saturated heterocycles. The zero-order valence-electron chi connectivity index (χ0n) is 9.67. The van der Waals surface area contributed by atoms with Crippen molar-refractivity contribution in [2.75, 3.05) is 19.8 Å². The highest BCUT2D eigenvalue weighted by Crippen LogP contribution is 2.22. The Labute approximate surface area is 101 Å². The van der Waals surface area contributed by atoms with E-state index in [1.165, 1.54) is 10.8 Å². The monoisotopic (exact) mass is 231 g/mol. The second-order valence-electron chi connectivity index (χ2n) is 3.93. The minimum Gasteiger partial charge on any atom is -0.394 e. The van der Waals surface area contributed by atoms with Crippen LogP contribution in [0.25, 0.3) is 10.8 Å². The average Bonchev–Trinajstić information content (AvgIpc) is 2.39. The van der Waals surface area contributed by atoms with Crippen LogP contribution >= 0.6 is 0 Å². The quantitative estimate of drug-likeness (QED) is 0.825. The first-order chi connectivity index (χ1) is 8.35. The third-order valence-electron chi connectivity index (χ3n) is 2.77. The van der Waals surface area contributed by atoms with E-state index in [1.807, 2.05) is 18.2 Å². The van der Waals surface area contributed by atoms with E-state index in [9.17, 15) is 0 Å². The van der Waals surface area contributed by atoms with Gasteiger partial charge in [0, 0.05) is 6.54 Å². The molecule has 0 aliphatic heterocycles. The third kappa shape index (κ3) is 2.82. The van der Waals surface area contributed by atoms with Gasteiger partial charge in [-0.3, -0.25) is 0 Å². The lowest BCUT2D eigenvalue weighted by Crippen LogP contribution is -2.17. The molecule has 0 amide bonds. The minimum atomic E-state index is -0.147. The van der Waals surface area contributed by atoms with Crippen LogP contribution in [0.2, 0.25) is 0 Å². The molecular weight excluding hydrogens is 214 g/mol. The highest BCUT2D eigenvalue weighted by Gasteiger charge is 2.09. The molecule has 0 radical (unpaired) electrons. The number of aliphatic hydroxyl groups excluding tert-OH is 1. The highest BCUT2D eigenvalue weighted by atomic mass is 16.5. The molecule has 0 aliphatic rings. The van der Waals surface area contributed by atoms with Crippen molar-refractivity contribution >= 4 is 10.8 Å². The van der Waals surface area contributed by atoms with Crippen molar-refractivity contribution in [2.24, 2.45) is 5.73 Å². The Hall–Kier alpha value is -1.42. The van der Waals surface area contributed by atoms with Gasteiger partial charge in [0.05, 0.1) is 19.3 Å². The molecule has 90 valence electrons. The summed E-state index contributed by atoms with van der Waals surface area (Å²) in [4.78, 5) is 0. The molecule has 0 fully saturated rings. The Morgan fingerprint density at radius 3 is 2.59 bits per heavy atom. The van der Waals surface area contributed by atoms with Crippen molar-refractivity contribution in [1.29, 1.82) is 0 Å². The molecule has 0 aromatic heterocycles. The molecular formula is C14H17NO2. The van der Waals surface area contributed by atoms with Crippen LogP contribution < -0.4 is 5.73 Å². The molecule has 2 aromatic rings. The van der Waals surface area contributed by atoms with Gasteiger partial charge in [0.15, 0.2) is 0 Å². The summed E-state index contributed by atoms with van der Waals surface area (Å²) in [5, 5.41) is 11.1. The predicted octanol–water partition coefficient (Wildman–Crippen LogP) is 1.85. The standard InChI is InChI=1S/C14H17NO2/c15-10-14(17-8-7-16)13-6-5-11-3-1-2-4-12(11)9-13/h1-6,9,14,16H,7-8,10,15H2. The summed E-state index contributed by atoms with van der Waals surface area (Å²) in [6.45, 7) is 0.747. The fourth-order valence-electron chi connectivity index (χ4n) is 1.90. The van der Waals surface area contributed by atoms with E-state index < -0.39 is 0 Å². The van der Waals surface area contributed by atoms with Gasteiger partial charge in [-0.15, -0.1) is 0 Å². The van der Waals surface area contributed by atoms with E-state index >= 15 is 0 Å². The number of hydrogen-bond acceptors (Lipinski definition) is 3. The average molecular weight is 231 g/mol. The first-order valence-electron chi connectivity index (χ1n) is 5.76. The smallest absolute Gasteiger partial charge is 0.0948 e. The van der Waals surface area contributed by atoms with Crippen molar-refractivity contribution < 1.29 is 9.84 Å². The van der Waals surface area contributed by atoms with Crippen LogP contribution in [-0.2, 0) is 4.74 Å². The Kier molecular flexibility index (Phi) is 4.09. The molecule has 17 heavy (non-hydrogen) atoms. The molecule has 0 aliphatic carbocycles. The normalized spacial score (nSPS) is 12.8. The van der Waals surface area contributed by atoms with Crippen LogP contribution in [0.15, 0.2) is 42.5 Å². The number of fused-ring (bicyclic) bond motifs is 1. The van der Waals surface area contributed by atoms with Crippen LogP contribution in [0.4, 0.5) is 0 Å². The Morgan fingerprint density at radius 2 is 1.88 bits per heavy atom. The highest BCUT2D eigenvalue weighted by molar-refractivity contribution is 5.83. The maximum absolute atomic E-state index is 8.76. The maximum Gasteiger partial charge on any atom is 0.0948 e. The van der Waals surface area contributed by atoms with Crippen LogP contribution in [0.3, 0.4) is 0 Å². The summed E-state index contributed by atoms with van der Waals surface area (Å²) >= 11 is 0. The molecule has 1 unspecified atom stereocenters. The first kappa shape index (κ1) is 12.0.